The van der Waals surface area contributed by atoms with Crippen molar-refractivity contribution < 1.29 is 4.79 Å². The molecule has 3 aromatic rings. The van der Waals surface area contributed by atoms with E-state index in [1.54, 1.807) is 4.68 Å². The molecule has 1 heterocycles. The third-order valence-corrected chi connectivity index (χ3v) is 6.98. The van der Waals surface area contributed by atoms with Crippen LogP contribution in [-0.2, 0) is 12.8 Å². The van der Waals surface area contributed by atoms with Gasteiger partial charge in [0, 0.05) is 5.56 Å². The highest BCUT2D eigenvalue weighted by Gasteiger charge is 2.21. The van der Waals surface area contributed by atoms with Crippen LogP contribution in [0, 0.1) is 3.95 Å². The van der Waals surface area contributed by atoms with Gasteiger partial charge in [-0.25, -0.2) is 4.68 Å². The Labute approximate surface area is 166 Å². The van der Waals surface area contributed by atoms with Gasteiger partial charge in [-0.15, -0.1) is 5.10 Å². The van der Waals surface area contributed by atoms with E-state index in [9.17, 15) is 4.79 Å². The number of aryl methyl sites for hydroxylation is 2. The summed E-state index contributed by atoms with van der Waals surface area (Å²) >= 11 is 8.37. The number of nitrogens with zero attached hydrogens (tertiary/aromatic N) is 2. The van der Waals surface area contributed by atoms with E-state index in [4.69, 9.17) is 12.2 Å². The van der Waals surface area contributed by atoms with Gasteiger partial charge in [0.1, 0.15) is 0 Å². The Bertz CT molecular complexity index is 1010. The molecular formula is C20H18N2OS3. The fourth-order valence-corrected chi connectivity index (χ4v) is 5.79. The van der Waals surface area contributed by atoms with Gasteiger partial charge in [-0.2, -0.15) is 0 Å². The van der Waals surface area contributed by atoms with Crippen LogP contribution < -0.4 is 0 Å². The molecule has 6 heteroatoms. The minimum atomic E-state index is -0.195. The lowest BCUT2D eigenvalue weighted by atomic mass is 10.0. The summed E-state index contributed by atoms with van der Waals surface area (Å²) in [6.07, 6.45) is 3.41. The summed E-state index contributed by atoms with van der Waals surface area (Å²) in [5, 5.41) is 4.40. The number of hydrogen-bond donors (Lipinski definition) is 0. The van der Waals surface area contributed by atoms with Gasteiger partial charge in [0.2, 0.25) is 0 Å². The Morgan fingerprint density at radius 3 is 2.77 bits per heavy atom. The van der Waals surface area contributed by atoms with Gasteiger partial charge in [0.25, 0.3) is 0 Å². The Balaban J connectivity index is 1.52. The summed E-state index contributed by atoms with van der Waals surface area (Å²) in [6.45, 7) is 1.94. The first kappa shape index (κ1) is 17.6. The third-order valence-electron chi connectivity index (χ3n) is 4.56. The molecule has 132 valence electrons. The van der Waals surface area contributed by atoms with Crippen LogP contribution in [0.3, 0.4) is 0 Å². The van der Waals surface area contributed by atoms with Crippen LogP contribution in [-0.4, -0.2) is 20.8 Å². The molecule has 1 atom stereocenters. The molecule has 0 fully saturated rings. The van der Waals surface area contributed by atoms with Gasteiger partial charge in [0.15, 0.2) is 14.1 Å². The summed E-state index contributed by atoms with van der Waals surface area (Å²) in [4.78, 5) is 12.8. The molecule has 1 unspecified atom stereocenters. The van der Waals surface area contributed by atoms with Crippen LogP contribution >= 0.6 is 35.3 Å². The van der Waals surface area contributed by atoms with Gasteiger partial charge in [0.05, 0.1) is 10.9 Å². The molecular weight excluding hydrogens is 380 g/mol. The fraction of sp³-hybridized carbons (Fsp3) is 0.250. The van der Waals surface area contributed by atoms with Crippen LogP contribution in [0.2, 0.25) is 0 Å². The second kappa shape index (κ2) is 7.47. The van der Waals surface area contributed by atoms with Crippen molar-refractivity contribution in [1.29, 1.82) is 0 Å². The SMILES string of the molecule is CC(Sc1nn(-c2ccccc2)c(=S)s1)C(=O)c1ccc2c(c1)CCC2. The standard InChI is InChI=1S/C20H18N2OS3/c1-13(18(23)16-11-10-14-6-5-7-15(14)12-16)25-19-21-22(20(24)26-19)17-8-3-2-4-9-17/h2-4,8-13H,5-7H2,1H3. The number of rotatable bonds is 5. The van der Waals surface area contributed by atoms with Crippen molar-refractivity contribution in [2.24, 2.45) is 0 Å². The van der Waals surface area contributed by atoms with Crippen LogP contribution in [0.4, 0.5) is 0 Å². The van der Waals surface area contributed by atoms with Crippen molar-refractivity contribution in [1.82, 2.24) is 9.78 Å². The minimum Gasteiger partial charge on any atom is -0.293 e. The number of carbonyl (C=O) groups excluding carboxylic acids is 1. The van der Waals surface area contributed by atoms with Gasteiger partial charge in [-0.3, -0.25) is 4.79 Å². The molecule has 0 aliphatic heterocycles. The highest BCUT2D eigenvalue weighted by Crippen LogP contribution is 2.30. The maximum absolute atomic E-state index is 12.8. The minimum absolute atomic E-state index is 0.150. The fourth-order valence-electron chi connectivity index (χ4n) is 3.21. The van der Waals surface area contributed by atoms with Crippen LogP contribution in [0.1, 0.15) is 34.8 Å². The Morgan fingerprint density at radius 1 is 1.19 bits per heavy atom. The maximum Gasteiger partial charge on any atom is 0.184 e. The summed E-state index contributed by atoms with van der Waals surface area (Å²) in [6, 6.07) is 16.0. The molecule has 0 radical (unpaired) electrons. The lowest BCUT2D eigenvalue weighted by Gasteiger charge is -2.09. The molecule has 3 nitrogen and oxygen atoms in total. The monoisotopic (exact) mass is 398 g/mol. The van der Waals surface area contributed by atoms with E-state index >= 15 is 0 Å². The lowest BCUT2D eigenvalue weighted by molar-refractivity contribution is 0.0994. The van der Waals surface area contributed by atoms with Crippen molar-refractivity contribution >= 4 is 41.1 Å². The average molecular weight is 399 g/mol. The molecule has 0 bridgehead atoms. The van der Waals surface area contributed by atoms with E-state index in [0.29, 0.717) is 3.95 Å². The quantitative estimate of drug-likeness (QED) is 0.322. The van der Waals surface area contributed by atoms with Gasteiger partial charge in [-0.05, 0) is 67.7 Å². The van der Waals surface area contributed by atoms with Crippen LogP contribution in [0.25, 0.3) is 5.69 Å². The second-order valence-electron chi connectivity index (χ2n) is 6.34. The van der Waals surface area contributed by atoms with Crippen molar-refractivity contribution in [2.45, 2.75) is 35.8 Å². The van der Waals surface area contributed by atoms with Gasteiger partial charge >= 0.3 is 0 Å². The molecule has 1 aliphatic carbocycles. The lowest BCUT2D eigenvalue weighted by Crippen LogP contribution is -2.13. The molecule has 0 saturated carbocycles. The summed E-state index contributed by atoms with van der Waals surface area (Å²) in [5.74, 6) is 0.150. The van der Waals surface area contributed by atoms with E-state index in [1.807, 2.05) is 43.3 Å². The summed E-state index contributed by atoms with van der Waals surface area (Å²) in [5.41, 5.74) is 4.47. The number of aromatic nitrogens is 2. The van der Waals surface area contributed by atoms with E-state index in [0.717, 1.165) is 28.4 Å². The highest BCUT2D eigenvalue weighted by molar-refractivity contribution is 8.02. The van der Waals surface area contributed by atoms with E-state index < -0.39 is 0 Å². The predicted octanol–water partition coefficient (Wildman–Crippen LogP) is 5.52. The number of hydrogen-bond acceptors (Lipinski definition) is 5. The van der Waals surface area contributed by atoms with Crippen molar-refractivity contribution in [3.8, 4) is 5.69 Å². The van der Waals surface area contributed by atoms with Crippen LogP contribution in [0.15, 0.2) is 52.9 Å². The molecule has 0 spiro atoms. The van der Waals surface area contributed by atoms with Crippen molar-refractivity contribution in [3.05, 3.63) is 69.2 Å². The number of thioether (sulfide) groups is 1. The van der Waals surface area contributed by atoms with Crippen LogP contribution in [0.5, 0.6) is 0 Å². The Hall–Kier alpha value is -1.76. The smallest absolute Gasteiger partial charge is 0.184 e. The predicted molar refractivity (Wildman–Crippen MR) is 110 cm³/mol. The normalized spacial score (nSPS) is 14.2. The molecule has 1 aliphatic rings. The second-order valence-corrected chi connectivity index (χ2v) is 9.55. The number of Topliss-reactive ketones (excluding diaryl/α,β-unsaturated/α-hetero) is 1. The number of fused-ring (bicyclic) bond motifs is 1. The van der Waals surface area contributed by atoms with Crippen molar-refractivity contribution in [2.75, 3.05) is 0 Å². The first-order chi connectivity index (χ1) is 12.6. The summed E-state index contributed by atoms with van der Waals surface area (Å²) in [7, 11) is 0. The molecule has 26 heavy (non-hydrogen) atoms. The van der Waals surface area contributed by atoms with E-state index in [1.165, 1.54) is 40.6 Å². The largest absolute Gasteiger partial charge is 0.293 e. The number of para-hydroxylation sites is 1. The zero-order chi connectivity index (χ0) is 18.1. The molecule has 4 rings (SSSR count). The first-order valence-electron chi connectivity index (χ1n) is 8.60. The molecule has 1 aromatic heterocycles. The summed E-state index contributed by atoms with van der Waals surface area (Å²) < 4.78 is 3.27. The maximum atomic E-state index is 12.8. The average Bonchev–Trinajstić information content (AvgIpc) is 3.27. The van der Waals surface area contributed by atoms with Gasteiger partial charge < -0.3 is 0 Å². The molecule has 0 N–H and O–H groups in total. The zero-order valence-electron chi connectivity index (χ0n) is 14.3. The Kier molecular flexibility index (Phi) is 5.07. The van der Waals surface area contributed by atoms with E-state index in [2.05, 4.69) is 17.2 Å². The zero-order valence-corrected chi connectivity index (χ0v) is 16.8. The topological polar surface area (TPSA) is 34.9 Å². The molecule has 2 aromatic carbocycles. The Morgan fingerprint density at radius 2 is 1.96 bits per heavy atom. The molecule has 0 amide bonds. The molecule has 0 saturated heterocycles. The highest BCUT2D eigenvalue weighted by atomic mass is 32.2. The first-order valence-corrected chi connectivity index (χ1v) is 10.7. The van der Waals surface area contributed by atoms with Gasteiger partial charge in [-0.1, -0.05) is 53.4 Å². The van der Waals surface area contributed by atoms with E-state index in [-0.39, 0.29) is 11.0 Å². The number of benzene rings is 2. The number of carbonyl (C=O) groups is 1. The number of ketones is 1. The van der Waals surface area contributed by atoms with Crippen molar-refractivity contribution in [3.63, 3.8) is 0 Å². The third kappa shape index (κ3) is 3.54.